The molecule has 8 nitrogen and oxygen atoms in total. The number of carbonyl (C=O) groups excluding carboxylic acids is 1. The fourth-order valence-corrected chi connectivity index (χ4v) is 1.67. The van der Waals surface area contributed by atoms with Crippen LogP contribution in [0.2, 0.25) is 0 Å². The number of hydrogen-bond donors (Lipinski definition) is 3. The van der Waals surface area contributed by atoms with Gasteiger partial charge >= 0.3 is 5.97 Å². The third-order valence-electron chi connectivity index (χ3n) is 2.73. The van der Waals surface area contributed by atoms with Crippen LogP contribution in [0.5, 0.6) is 0 Å². The number of rotatable bonds is 6. The molecule has 21 heavy (non-hydrogen) atoms. The van der Waals surface area contributed by atoms with Crippen molar-refractivity contribution in [3.05, 3.63) is 42.2 Å². The van der Waals surface area contributed by atoms with E-state index in [1.54, 1.807) is 24.3 Å². The first-order valence-corrected chi connectivity index (χ1v) is 6.24. The van der Waals surface area contributed by atoms with Crippen molar-refractivity contribution in [1.29, 1.82) is 0 Å². The predicted octanol–water partition coefficient (Wildman–Crippen LogP) is -0.167. The van der Waals surface area contributed by atoms with Gasteiger partial charge in [-0.1, -0.05) is 18.2 Å². The molecule has 0 fully saturated rings. The molecule has 1 heterocycles. The normalized spacial score (nSPS) is 11.9. The third kappa shape index (κ3) is 3.63. The Hall–Kier alpha value is -2.74. The zero-order chi connectivity index (χ0) is 15.2. The van der Waals surface area contributed by atoms with Crippen LogP contribution in [-0.2, 0) is 4.79 Å². The number of nitrogens with zero attached hydrogens (tertiary/aromatic N) is 3. The summed E-state index contributed by atoms with van der Waals surface area (Å²) in [5.74, 6) is -1.87. The molecule has 3 N–H and O–H groups in total. The second kappa shape index (κ2) is 6.62. The van der Waals surface area contributed by atoms with Crippen LogP contribution in [0.1, 0.15) is 16.9 Å². The fourth-order valence-electron chi connectivity index (χ4n) is 1.67. The van der Waals surface area contributed by atoms with Crippen molar-refractivity contribution >= 4 is 11.9 Å². The van der Waals surface area contributed by atoms with E-state index >= 15 is 0 Å². The second-order valence-electron chi connectivity index (χ2n) is 4.23. The summed E-state index contributed by atoms with van der Waals surface area (Å²) in [6, 6.07) is 7.83. The van der Waals surface area contributed by atoms with Gasteiger partial charge in [0.05, 0.1) is 11.9 Å². The highest BCUT2D eigenvalue weighted by Gasteiger charge is 2.21. The lowest BCUT2D eigenvalue weighted by Crippen LogP contribution is -2.41. The van der Waals surface area contributed by atoms with E-state index in [-0.39, 0.29) is 18.7 Å². The number of aliphatic hydroxyl groups is 1. The summed E-state index contributed by atoms with van der Waals surface area (Å²) in [6.07, 6.45) is 1.17. The van der Waals surface area contributed by atoms with Gasteiger partial charge in [0.1, 0.15) is 6.04 Å². The number of nitrogens with one attached hydrogen (secondary N) is 1. The first-order valence-electron chi connectivity index (χ1n) is 6.24. The quantitative estimate of drug-likeness (QED) is 0.680. The second-order valence-corrected chi connectivity index (χ2v) is 4.23. The summed E-state index contributed by atoms with van der Waals surface area (Å²) in [5, 5.41) is 27.9. The summed E-state index contributed by atoms with van der Waals surface area (Å²) in [5.41, 5.74) is 0.685. The van der Waals surface area contributed by atoms with Crippen LogP contribution in [-0.4, -0.2) is 49.7 Å². The van der Waals surface area contributed by atoms with Gasteiger partial charge in [0.2, 0.25) is 0 Å². The van der Waals surface area contributed by atoms with E-state index in [1.807, 2.05) is 6.07 Å². The van der Waals surface area contributed by atoms with Crippen LogP contribution in [0.4, 0.5) is 0 Å². The number of hydrogen-bond acceptors (Lipinski definition) is 5. The average molecular weight is 290 g/mol. The Morgan fingerprint density at radius 2 is 2.00 bits per heavy atom. The summed E-state index contributed by atoms with van der Waals surface area (Å²) in [7, 11) is 0. The van der Waals surface area contributed by atoms with E-state index in [2.05, 4.69) is 15.5 Å². The fraction of sp³-hybridized carbons (Fsp3) is 0.231. The number of benzene rings is 1. The Morgan fingerprint density at radius 1 is 1.29 bits per heavy atom. The number of carboxylic acid groups (broad SMARTS) is 1. The Bertz CT molecular complexity index is 626. The molecule has 110 valence electrons. The molecule has 1 aromatic carbocycles. The van der Waals surface area contributed by atoms with Crippen molar-refractivity contribution in [1.82, 2.24) is 20.3 Å². The lowest BCUT2D eigenvalue weighted by molar-refractivity contribution is -0.139. The molecule has 1 amide bonds. The van der Waals surface area contributed by atoms with Gasteiger partial charge in [-0.3, -0.25) is 4.79 Å². The van der Waals surface area contributed by atoms with E-state index in [0.717, 1.165) is 0 Å². The summed E-state index contributed by atoms with van der Waals surface area (Å²) in [6.45, 7) is -0.339. The lowest BCUT2D eigenvalue weighted by Gasteiger charge is -2.11. The van der Waals surface area contributed by atoms with Crippen molar-refractivity contribution in [2.24, 2.45) is 0 Å². The number of amides is 1. The molecular formula is C13H14N4O4. The molecule has 0 spiro atoms. The van der Waals surface area contributed by atoms with Gasteiger partial charge < -0.3 is 15.5 Å². The summed E-state index contributed by atoms with van der Waals surface area (Å²) in [4.78, 5) is 24.1. The molecule has 0 bridgehead atoms. The van der Waals surface area contributed by atoms with E-state index in [1.165, 1.54) is 11.0 Å². The van der Waals surface area contributed by atoms with Crippen LogP contribution >= 0.6 is 0 Å². The van der Waals surface area contributed by atoms with Gasteiger partial charge in [0.15, 0.2) is 5.69 Å². The van der Waals surface area contributed by atoms with Crippen LogP contribution in [0.3, 0.4) is 0 Å². The molecule has 0 unspecified atom stereocenters. The zero-order valence-corrected chi connectivity index (χ0v) is 11.0. The highest BCUT2D eigenvalue weighted by Crippen LogP contribution is 2.04. The summed E-state index contributed by atoms with van der Waals surface area (Å²) < 4.78 is 0. The van der Waals surface area contributed by atoms with Gasteiger partial charge in [-0.25, -0.2) is 4.79 Å². The largest absolute Gasteiger partial charge is 0.480 e. The molecule has 8 heteroatoms. The number of aromatic nitrogens is 3. The third-order valence-corrected chi connectivity index (χ3v) is 2.73. The van der Waals surface area contributed by atoms with Crippen LogP contribution < -0.4 is 5.32 Å². The smallest absolute Gasteiger partial charge is 0.326 e. The number of para-hydroxylation sites is 1. The molecule has 1 atom stereocenters. The van der Waals surface area contributed by atoms with Crippen LogP contribution in [0, 0.1) is 0 Å². The minimum absolute atomic E-state index is 0.00282. The van der Waals surface area contributed by atoms with Crippen molar-refractivity contribution in [2.75, 3.05) is 6.61 Å². The molecular weight excluding hydrogens is 276 g/mol. The maximum absolute atomic E-state index is 11.9. The molecule has 2 rings (SSSR count). The first-order chi connectivity index (χ1) is 10.1. The molecule has 0 aliphatic rings. The minimum Gasteiger partial charge on any atom is -0.480 e. The molecule has 0 aliphatic carbocycles. The molecule has 2 aromatic rings. The standard InChI is InChI=1S/C13H14N4O4/c18-7-6-10(13(20)21)15-12(19)11-8-14-17(16-11)9-4-2-1-3-5-9/h1-5,8,10,18H,6-7H2,(H,15,19)(H,20,21)/t10-/m1/s1. The van der Waals surface area contributed by atoms with Gasteiger partial charge in [0, 0.05) is 13.0 Å². The first kappa shape index (κ1) is 14.7. The van der Waals surface area contributed by atoms with E-state index in [9.17, 15) is 9.59 Å². The number of aliphatic carboxylic acids is 1. The average Bonchev–Trinajstić information content (AvgIpc) is 2.97. The lowest BCUT2D eigenvalue weighted by atomic mass is 10.2. The maximum Gasteiger partial charge on any atom is 0.326 e. The molecule has 0 aliphatic heterocycles. The van der Waals surface area contributed by atoms with Crippen molar-refractivity contribution in [2.45, 2.75) is 12.5 Å². The Labute approximate surface area is 120 Å². The highest BCUT2D eigenvalue weighted by molar-refractivity contribution is 5.94. The van der Waals surface area contributed by atoms with E-state index in [4.69, 9.17) is 10.2 Å². The van der Waals surface area contributed by atoms with E-state index in [0.29, 0.717) is 5.69 Å². The Balaban J connectivity index is 2.10. The van der Waals surface area contributed by atoms with Crippen LogP contribution in [0.25, 0.3) is 5.69 Å². The number of carboxylic acids is 1. The van der Waals surface area contributed by atoms with Gasteiger partial charge in [0.25, 0.3) is 5.91 Å². The van der Waals surface area contributed by atoms with Crippen molar-refractivity contribution < 1.29 is 19.8 Å². The molecule has 1 aromatic heterocycles. The van der Waals surface area contributed by atoms with Crippen molar-refractivity contribution in [3.8, 4) is 5.69 Å². The minimum atomic E-state index is -1.21. The zero-order valence-electron chi connectivity index (χ0n) is 11.0. The topological polar surface area (TPSA) is 117 Å². The van der Waals surface area contributed by atoms with Gasteiger partial charge in [-0.05, 0) is 12.1 Å². The maximum atomic E-state index is 11.9. The van der Waals surface area contributed by atoms with Gasteiger partial charge in [-0.2, -0.15) is 9.90 Å². The predicted molar refractivity (Wildman–Crippen MR) is 72.0 cm³/mol. The van der Waals surface area contributed by atoms with Gasteiger partial charge in [-0.15, -0.1) is 5.10 Å². The molecule has 0 radical (unpaired) electrons. The summed E-state index contributed by atoms with van der Waals surface area (Å²) >= 11 is 0. The van der Waals surface area contributed by atoms with E-state index < -0.39 is 17.9 Å². The highest BCUT2D eigenvalue weighted by atomic mass is 16.4. The number of aliphatic hydroxyl groups excluding tert-OH is 1. The Kier molecular flexibility index (Phi) is 4.62. The number of carbonyl (C=O) groups is 2. The van der Waals surface area contributed by atoms with Crippen LogP contribution in [0.15, 0.2) is 36.5 Å². The SMILES string of the molecule is O=C(N[C@H](CCO)C(=O)O)c1cnn(-c2ccccc2)n1. The molecule has 0 saturated heterocycles. The van der Waals surface area contributed by atoms with Crippen molar-refractivity contribution in [3.63, 3.8) is 0 Å². The molecule has 0 saturated carbocycles. The Morgan fingerprint density at radius 3 is 2.62 bits per heavy atom. The monoisotopic (exact) mass is 290 g/mol.